The smallest absolute Gasteiger partial charge is 0.338 e. The summed E-state index contributed by atoms with van der Waals surface area (Å²) >= 11 is 0. The van der Waals surface area contributed by atoms with Crippen LogP contribution in [0.4, 0.5) is 13.2 Å². The number of benzene rings is 2. The minimum absolute atomic E-state index is 0. The van der Waals surface area contributed by atoms with Crippen molar-refractivity contribution >= 4 is 18.3 Å². The fourth-order valence-electron chi connectivity index (χ4n) is 3.44. The molecule has 2 aromatic rings. The summed E-state index contributed by atoms with van der Waals surface area (Å²) in [5.74, 6) is -0.526. The van der Waals surface area contributed by atoms with E-state index in [1.54, 1.807) is 0 Å². The first kappa shape index (κ1) is 20.3. The molecule has 1 aliphatic rings. The van der Waals surface area contributed by atoms with Crippen LogP contribution in [0.2, 0.25) is 0 Å². The molecule has 0 aliphatic carbocycles. The van der Waals surface area contributed by atoms with E-state index in [0.717, 1.165) is 11.6 Å². The second kappa shape index (κ2) is 8.10. The van der Waals surface area contributed by atoms with Gasteiger partial charge in [-0.2, -0.15) is 13.2 Å². The van der Waals surface area contributed by atoms with Crippen molar-refractivity contribution < 1.29 is 18.0 Å². The van der Waals surface area contributed by atoms with Gasteiger partial charge in [0.2, 0.25) is 0 Å². The third kappa shape index (κ3) is 4.02. The van der Waals surface area contributed by atoms with Crippen LogP contribution >= 0.6 is 12.4 Å². The Morgan fingerprint density at radius 2 is 1.65 bits per heavy atom. The predicted octanol–water partition coefficient (Wildman–Crippen LogP) is 3.94. The number of rotatable bonds is 3. The maximum atomic E-state index is 13.2. The normalized spacial score (nSPS) is 19.9. The van der Waals surface area contributed by atoms with Gasteiger partial charge in [0.15, 0.2) is 0 Å². The highest BCUT2D eigenvalue weighted by molar-refractivity contribution is 5.96. The van der Waals surface area contributed by atoms with Gasteiger partial charge in [0, 0.05) is 19.0 Å². The zero-order chi connectivity index (χ0) is 18.0. The van der Waals surface area contributed by atoms with Crippen LogP contribution in [0.3, 0.4) is 0 Å². The molecule has 0 saturated carbocycles. The van der Waals surface area contributed by atoms with Gasteiger partial charge < -0.3 is 10.6 Å². The van der Waals surface area contributed by atoms with Crippen molar-refractivity contribution in [1.82, 2.24) is 4.90 Å². The summed E-state index contributed by atoms with van der Waals surface area (Å²) < 4.78 is 39.6. The molecule has 3 rings (SSSR count). The summed E-state index contributed by atoms with van der Waals surface area (Å²) in [6.07, 6.45) is -4.56. The van der Waals surface area contributed by atoms with Gasteiger partial charge in [-0.25, -0.2) is 0 Å². The number of carbonyl (C=O) groups excluding carboxylic acids is 1. The van der Waals surface area contributed by atoms with Crippen molar-refractivity contribution in [1.29, 1.82) is 0 Å². The number of halogens is 4. The molecule has 0 bridgehead atoms. The van der Waals surface area contributed by atoms with E-state index in [4.69, 9.17) is 5.73 Å². The van der Waals surface area contributed by atoms with Crippen LogP contribution < -0.4 is 5.73 Å². The van der Waals surface area contributed by atoms with Crippen LogP contribution in [0.1, 0.15) is 27.4 Å². The van der Waals surface area contributed by atoms with Crippen molar-refractivity contribution in [2.75, 3.05) is 19.6 Å². The van der Waals surface area contributed by atoms with E-state index in [2.05, 4.69) is 0 Å². The quantitative estimate of drug-likeness (QED) is 0.871. The summed E-state index contributed by atoms with van der Waals surface area (Å²) in [7, 11) is 0. The average molecular weight is 385 g/mol. The molecule has 2 atom stereocenters. The molecule has 1 saturated heterocycles. The van der Waals surface area contributed by atoms with Gasteiger partial charge in [0.25, 0.3) is 5.91 Å². The fraction of sp³-hybridized carbons (Fsp3) is 0.316. The van der Waals surface area contributed by atoms with Crippen molar-refractivity contribution in [3.05, 3.63) is 71.3 Å². The van der Waals surface area contributed by atoms with E-state index in [9.17, 15) is 18.0 Å². The number of alkyl halides is 3. The van der Waals surface area contributed by atoms with Crippen LogP contribution in [0.15, 0.2) is 54.6 Å². The van der Waals surface area contributed by atoms with E-state index < -0.39 is 17.6 Å². The molecule has 0 radical (unpaired) electrons. The van der Waals surface area contributed by atoms with E-state index in [1.807, 2.05) is 30.3 Å². The molecular weight excluding hydrogens is 365 g/mol. The maximum Gasteiger partial charge on any atom is 0.417 e. The molecule has 3 nitrogen and oxygen atoms in total. The van der Waals surface area contributed by atoms with Gasteiger partial charge in [0.05, 0.1) is 11.1 Å². The predicted molar refractivity (Wildman–Crippen MR) is 96.3 cm³/mol. The summed E-state index contributed by atoms with van der Waals surface area (Å²) in [5, 5.41) is 0. The first-order chi connectivity index (χ1) is 11.9. The van der Waals surface area contributed by atoms with Gasteiger partial charge in [0.1, 0.15) is 0 Å². The Labute approximate surface area is 156 Å². The molecule has 140 valence electrons. The van der Waals surface area contributed by atoms with Crippen LogP contribution in [0.25, 0.3) is 0 Å². The Kier molecular flexibility index (Phi) is 6.31. The molecule has 1 fully saturated rings. The lowest BCUT2D eigenvalue weighted by Gasteiger charge is -2.19. The van der Waals surface area contributed by atoms with Crippen LogP contribution in [-0.4, -0.2) is 30.4 Å². The summed E-state index contributed by atoms with van der Waals surface area (Å²) in [5.41, 5.74) is 5.69. The molecule has 0 unspecified atom stereocenters. The highest BCUT2D eigenvalue weighted by Crippen LogP contribution is 2.36. The Morgan fingerprint density at radius 1 is 1.04 bits per heavy atom. The minimum Gasteiger partial charge on any atom is -0.338 e. The van der Waals surface area contributed by atoms with Gasteiger partial charge >= 0.3 is 6.18 Å². The SMILES string of the molecule is Cl.NC[C@@H]1CN(C(=O)c2ccccc2C(F)(F)F)C[C@H]1c1ccccc1. The lowest BCUT2D eigenvalue weighted by molar-refractivity contribution is -0.138. The van der Waals surface area contributed by atoms with Crippen molar-refractivity contribution in [2.24, 2.45) is 11.7 Å². The molecule has 1 aliphatic heterocycles. The van der Waals surface area contributed by atoms with E-state index in [-0.39, 0.29) is 29.8 Å². The Bertz CT molecular complexity index is 752. The molecule has 2 aromatic carbocycles. The van der Waals surface area contributed by atoms with Crippen LogP contribution in [0.5, 0.6) is 0 Å². The largest absolute Gasteiger partial charge is 0.417 e. The monoisotopic (exact) mass is 384 g/mol. The van der Waals surface area contributed by atoms with Crippen molar-refractivity contribution in [3.8, 4) is 0 Å². The van der Waals surface area contributed by atoms with Gasteiger partial charge in [-0.1, -0.05) is 42.5 Å². The second-order valence-electron chi connectivity index (χ2n) is 6.27. The Hall–Kier alpha value is -2.05. The number of nitrogens with two attached hydrogens (primary N) is 1. The molecular formula is C19H20ClF3N2O. The van der Waals surface area contributed by atoms with Crippen LogP contribution in [0, 0.1) is 5.92 Å². The fourth-order valence-corrected chi connectivity index (χ4v) is 3.44. The number of amides is 1. The lowest BCUT2D eigenvalue weighted by atomic mass is 9.89. The topological polar surface area (TPSA) is 46.3 Å². The highest BCUT2D eigenvalue weighted by Gasteiger charge is 2.39. The summed E-state index contributed by atoms with van der Waals surface area (Å²) in [6, 6.07) is 14.6. The number of likely N-dealkylation sites (tertiary alicyclic amines) is 1. The first-order valence-electron chi connectivity index (χ1n) is 8.12. The molecule has 0 spiro atoms. The maximum absolute atomic E-state index is 13.2. The van der Waals surface area contributed by atoms with E-state index >= 15 is 0 Å². The molecule has 26 heavy (non-hydrogen) atoms. The van der Waals surface area contributed by atoms with Gasteiger partial charge in [-0.15, -0.1) is 12.4 Å². The zero-order valence-electron chi connectivity index (χ0n) is 13.9. The highest BCUT2D eigenvalue weighted by atomic mass is 35.5. The molecule has 1 amide bonds. The minimum atomic E-state index is -4.56. The third-order valence-electron chi connectivity index (χ3n) is 4.72. The number of nitrogens with zero attached hydrogens (tertiary/aromatic N) is 1. The Morgan fingerprint density at radius 3 is 2.27 bits per heavy atom. The second-order valence-corrected chi connectivity index (χ2v) is 6.27. The van der Waals surface area contributed by atoms with Gasteiger partial charge in [-0.3, -0.25) is 4.79 Å². The standard InChI is InChI=1S/C19H19F3N2O.ClH/c20-19(21,22)17-9-5-4-8-15(17)18(25)24-11-14(10-23)16(12-24)13-6-2-1-3-7-13;/h1-9,14,16H,10-12,23H2;1H/t14-,16+;/m1./s1. The summed E-state index contributed by atoms with van der Waals surface area (Å²) in [4.78, 5) is 14.2. The number of carbonyl (C=O) groups is 1. The summed E-state index contributed by atoms with van der Waals surface area (Å²) in [6.45, 7) is 1.11. The zero-order valence-corrected chi connectivity index (χ0v) is 14.8. The van der Waals surface area contributed by atoms with E-state index in [1.165, 1.54) is 23.1 Å². The molecule has 7 heteroatoms. The van der Waals surface area contributed by atoms with Gasteiger partial charge in [-0.05, 0) is 30.2 Å². The van der Waals surface area contributed by atoms with Crippen molar-refractivity contribution in [3.63, 3.8) is 0 Å². The molecule has 2 N–H and O–H groups in total. The Balaban J connectivity index is 0.00000243. The van der Waals surface area contributed by atoms with Crippen LogP contribution in [-0.2, 0) is 6.18 Å². The third-order valence-corrected chi connectivity index (χ3v) is 4.72. The molecule has 0 aromatic heterocycles. The van der Waals surface area contributed by atoms with E-state index in [0.29, 0.717) is 19.6 Å². The number of hydrogen-bond acceptors (Lipinski definition) is 2. The van der Waals surface area contributed by atoms with Crippen molar-refractivity contribution in [2.45, 2.75) is 12.1 Å². The molecule has 1 heterocycles. The number of hydrogen-bond donors (Lipinski definition) is 1. The lowest BCUT2D eigenvalue weighted by Crippen LogP contribution is -2.31. The first-order valence-corrected chi connectivity index (χ1v) is 8.12. The average Bonchev–Trinajstić information content (AvgIpc) is 3.05.